The Balaban J connectivity index is 2.08. The number of carbonyl (C=O) groups excluding carboxylic acids is 2. The molecule has 1 fully saturated rings. The van der Waals surface area contributed by atoms with E-state index in [0.29, 0.717) is 25.0 Å². The fraction of sp³-hybridized carbons (Fsp3) is 0.579. The van der Waals surface area contributed by atoms with Gasteiger partial charge in [0.25, 0.3) is 0 Å². The van der Waals surface area contributed by atoms with E-state index in [1.165, 1.54) is 0 Å². The summed E-state index contributed by atoms with van der Waals surface area (Å²) in [7, 11) is 0. The summed E-state index contributed by atoms with van der Waals surface area (Å²) in [5, 5.41) is 0. The molecule has 0 amide bonds. The number of carbonyl (C=O) groups is 2. The van der Waals surface area contributed by atoms with Crippen LogP contribution in [0.1, 0.15) is 56.0 Å². The van der Waals surface area contributed by atoms with Crippen LogP contribution in [0.15, 0.2) is 24.3 Å². The van der Waals surface area contributed by atoms with Crippen LogP contribution in [-0.4, -0.2) is 24.6 Å². The number of hydrogen-bond acceptors (Lipinski definition) is 4. The van der Waals surface area contributed by atoms with Crippen LogP contribution in [-0.2, 0) is 14.3 Å². The zero-order chi connectivity index (χ0) is 17.0. The van der Waals surface area contributed by atoms with E-state index in [-0.39, 0.29) is 17.9 Å². The van der Waals surface area contributed by atoms with Gasteiger partial charge < -0.3 is 9.47 Å². The fourth-order valence-electron chi connectivity index (χ4n) is 2.96. The second-order valence-corrected chi connectivity index (χ2v) is 7.01. The Kier molecular flexibility index (Phi) is 5.45. The van der Waals surface area contributed by atoms with E-state index in [4.69, 9.17) is 9.47 Å². The minimum atomic E-state index is -0.743. The molecular formula is C19H26O4. The van der Waals surface area contributed by atoms with Crippen molar-refractivity contribution in [2.24, 2.45) is 11.3 Å². The molecule has 2 unspecified atom stereocenters. The highest BCUT2D eigenvalue weighted by atomic mass is 16.6. The van der Waals surface area contributed by atoms with Gasteiger partial charge in [-0.15, -0.1) is 0 Å². The number of aryl methyl sites for hydroxylation is 1. The molecule has 1 aliphatic carbocycles. The van der Waals surface area contributed by atoms with Crippen molar-refractivity contribution in [3.63, 3.8) is 0 Å². The number of ether oxygens (including phenoxy) is 2. The molecule has 126 valence electrons. The van der Waals surface area contributed by atoms with Gasteiger partial charge in [-0.05, 0) is 50.7 Å². The third-order valence-corrected chi connectivity index (χ3v) is 4.50. The van der Waals surface area contributed by atoms with Gasteiger partial charge in [-0.2, -0.15) is 0 Å². The van der Waals surface area contributed by atoms with Gasteiger partial charge in [0.05, 0.1) is 12.2 Å². The van der Waals surface area contributed by atoms with Gasteiger partial charge in [-0.3, -0.25) is 4.79 Å². The maximum atomic E-state index is 12.5. The van der Waals surface area contributed by atoms with E-state index in [9.17, 15) is 9.59 Å². The summed E-state index contributed by atoms with van der Waals surface area (Å²) < 4.78 is 11.1. The lowest BCUT2D eigenvalue weighted by Crippen LogP contribution is -2.40. The number of benzene rings is 1. The molecule has 1 aliphatic rings. The molecule has 23 heavy (non-hydrogen) atoms. The average Bonchev–Trinajstić information content (AvgIpc) is 2.87. The molecule has 0 N–H and O–H groups in total. The van der Waals surface area contributed by atoms with Crippen molar-refractivity contribution in [2.75, 3.05) is 6.61 Å². The molecule has 2 rings (SSSR count). The number of esters is 2. The predicted molar refractivity (Wildman–Crippen MR) is 88.1 cm³/mol. The number of rotatable bonds is 5. The highest BCUT2D eigenvalue weighted by molar-refractivity contribution is 5.91. The fourth-order valence-corrected chi connectivity index (χ4v) is 2.96. The third kappa shape index (κ3) is 3.92. The van der Waals surface area contributed by atoms with E-state index in [2.05, 4.69) is 0 Å². The molecule has 4 nitrogen and oxygen atoms in total. The van der Waals surface area contributed by atoms with E-state index in [0.717, 1.165) is 12.0 Å². The first kappa shape index (κ1) is 17.5. The summed E-state index contributed by atoms with van der Waals surface area (Å²) in [6.45, 7) is 8.12. The monoisotopic (exact) mass is 318 g/mol. The highest BCUT2D eigenvalue weighted by Gasteiger charge is 2.48. The van der Waals surface area contributed by atoms with E-state index >= 15 is 0 Å². The van der Waals surface area contributed by atoms with Crippen LogP contribution in [0.2, 0.25) is 0 Å². The molecule has 0 bridgehead atoms. The molecule has 0 heterocycles. The van der Waals surface area contributed by atoms with Gasteiger partial charge >= 0.3 is 11.9 Å². The second-order valence-electron chi connectivity index (χ2n) is 7.01. The lowest BCUT2D eigenvalue weighted by molar-refractivity contribution is -0.161. The molecule has 4 heteroatoms. The third-order valence-electron chi connectivity index (χ3n) is 4.50. The Labute approximate surface area is 138 Å². The average molecular weight is 318 g/mol. The molecule has 2 atom stereocenters. The maximum Gasteiger partial charge on any atom is 0.338 e. The Morgan fingerprint density at radius 1 is 1.30 bits per heavy atom. The number of hydrogen-bond donors (Lipinski definition) is 0. The summed E-state index contributed by atoms with van der Waals surface area (Å²) >= 11 is 0. The molecule has 0 radical (unpaired) electrons. The van der Waals surface area contributed by atoms with E-state index in [1.807, 2.05) is 45.9 Å². The topological polar surface area (TPSA) is 52.6 Å². The molecule has 1 saturated carbocycles. The summed E-state index contributed by atoms with van der Waals surface area (Å²) in [6.07, 6.45) is 1.83. The molecule has 0 saturated heterocycles. The lowest BCUT2D eigenvalue weighted by Gasteiger charge is -2.29. The van der Waals surface area contributed by atoms with Crippen molar-refractivity contribution in [3.8, 4) is 0 Å². The molecule has 0 aromatic heterocycles. The van der Waals surface area contributed by atoms with Crippen LogP contribution in [0.4, 0.5) is 0 Å². The van der Waals surface area contributed by atoms with Crippen LogP contribution in [0.3, 0.4) is 0 Å². The maximum absolute atomic E-state index is 12.5. The molecular weight excluding hydrogens is 292 g/mol. The molecule has 0 aliphatic heterocycles. The van der Waals surface area contributed by atoms with E-state index < -0.39 is 11.5 Å². The van der Waals surface area contributed by atoms with Crippen LogP contribution in [0, 0.1) is 18.3 Å². The summed E-state index contributed by atoms with van der Waals surface area (Å²) in [4.78, 5) is 24.9. The molecule has 1 aromatic rings. The smallest absolute Gasteiger partial charge is 0.338 e. The van der Waals surface area contributed by atoms with Crippen LogP contribution < -0.4 is 0 Å². The zero-order valence-corrected chi connectivity index (χ0v) is 14.4. The first-order chi connectivity index (χ1) is 10.8. The summed E-state index contributed by atoms with van der Waals surface area (Å²) in [5.74, 6) is -0.332. The minimum absolute atomic E-state index is 0.258. The standard InChI is InChI=1S/C19H26O4/c1-13(2)12-22-18(21)19(4)11-7-10-16(19)23-17(20)15-9-6-5-8-14(15)3/h5-6,8-9,13,16H,7,10-12H2,1-4H3. The Bertz CT molecular complexity index is 578. The predicted octanol–water partition coefficient (Wildman–Crippen LogP) is 3.91. The second kappa shape index (κ2) is 7.16. The lowest BCUT2D eigenvalue weighted by atomic mass is 9.86. The van der Waals surface area contributed by atoms with Gasteiger partial charge in [0, 0.05) is 0 Å². The Hall–Kier alpha value is -1.84. The highest BCUT2D eigenvalue weighted by Crippen LogP contribution is 2.41. The Morgan fingerprint density at radius 3 is 2.65 bits per heavy atom. The summed E-state index contributed by atoms with van der Waals surface area (Å²) in [6, 6.07) is 7.33. The quantitative estimate of drug-likeness (QED) is 0.772. The zero-order valence-electron chi connectivity index (χ0n) is 14.4. The van der Waals surface area contributed by atoms with Gasteiger partial charge in [0.15, 0.2) is 0 Å². The van der Waals surface area contributed by atoms with Crippen molar-refractivity contribution in [3.05, 3.63) is 35.4 Å². The van der Waals surface area contributed by atoms with E-state index in [1.54, 1.807) is 6.07 Å². The van der Waals surface area contributed by atoms with Crippen molar-refractivity contribution in [1.82, 2.24) is 0 Å². The van der Waals surface area contributed by atoms with Crippen molar-refractivity contribution in [1.29, 1.82) is 0 Å². The van der Waals surface area contributed by atoms with Crippen molar-refractivity contribution in [2.45, 2.75) is 53.1 Å². The van der Waals surface area contributed by atoms with Gasteiger partial charge in [0.2, 0.25) is 0 Å². The first-order valence-corrected chi connectivity index (χ1v) is 8.28. The Morgan fingerprint density at radius 2 is 2.00 bits per heavy atom. The first-order valence-electron chi connectivity index (χ1n) is 8.28. The van der Waals surface area contributed by atoms with Crippen LogP contribution in [0.5, 0.6) is 0 Å². The van der Waals surface area contributed by atoms with Crippen molar-refractivity contribution < 1.29 is 19.1 Å². The van der Waals surface area contributed by atoms with Crippen LogP contribution >= 0.6 is 0 Å². The molecule has 1 aromatic carbocycles. The van der Waals surface area contributed by atoms with Crippen molar-refractivity contribution >= 4 is 11.9 Å². The van der Waals surface area contributed by atoms with Gasteiger partial charge in [-0.1, -0.05) is 32.0 Å². The van der Waals surface area contributed by atoms with Crippen LogP contribution in [0.25, 0.3) is 0 Å². The SMILES string of the molecule is Cc1ccccc1C(=O)OC1CCCC1(C)C(=O)OCC(C)C. The molecule has 0 spiro atoms. The summed E-state index contributed by atoms with van der Waals surface area (Å²) in [5.41, 5.74) is 0.685. The van der Waals surface area contributed by atoms with Gasteiger partial charge in [-0.25, -0.2) is 4.79 Å². The minimum Gasteiger partial charge on any atom is -0.465 e. The normalized spacial score (nSPS) is 23.8. The van der Waals surface area contributed by atoms with Gasteiger partial charge in [0.1, 0.15) is 11.5 Å². The largest absolute Gasteiger partial charge is 0.465 e.